The average molecular weight is 634 g/mol. The van der Waals surface area contributed by atoms with Gasteiger partial charge in [0.05, 0.1) is 17.1 Å². The highest BCUT2D eigenvalue weighted by Crippen LogP contribution is 2.40. The fourth-order valence-electron chi connectivity index (χ4n) is 6.28. The Hall–Kier alpha value is -4.08. The van der Waals surface area contributed by atoms with Gasteiger partial charge in [-0.1, -0.05) is 41.9 Å². The van der Waals surface area contributed by atoms with Gasteiger partial charge < -0.3 is 24.8 Å². The molecule has 3 aromatic carbocycles. The van der Waals surface area contributed by atoms with E-state index in [1.165, 1.54) is 11.0 Å². The van der Waals surface area contributed by atoms with Crippen molar-refractivity contribution in [1.82, 2.24) is 15.1 Å². The van der Waals surface area contributed by atoms with Crippen LogP contribution in [0.1, 0.15) is 41.5 Å². The first-order valence-electron chi connectivity index (χ1n) is 15.3. The van der Waals surface area contributed by atoms with Crippen molar-refractivity contribution in [1.29, 1.82) is 0 Å². The summed E-state index contributed by atoms with van der Waals surface area (Å²) in [7, 11) is 0. The van der Waals surface area contributed by atoms with E-state index in [1.54, 1.807) is 23.1 Å². The van der Waals surface area contributed by atoms with Crippen LogP contribution < -0.4 is 14.8 Å². The number of ether oxygens (including phenoxy) is 2. The average Bonchev–Trinajstić information content (AvgIpc) is 3.86. The molecule has 3 aliphatic rings. The van der Waals surface area contributed by atoms with Crippen LogP contribution in [0.4, 0.5) is 9.18 Å². The molecule has 3 aromatic rings. The van der Waals surface area contributed by atoms with Crippen molar-refractivity contribution in [2.75, 3.05) is 26.3 Å². The molecule has 1 saturated carbocycles. The lowest BCUT2D eigenvalue weighted by Gasteiger charge is -2.47. The van der Waals surface area contributed by atoms with Crippen molar-refractivity contribution in [2.45, 2.75) is 57.8 Å². The number of piperazine rings is 1. The van der Waals surface area contributed by atoms with Crippen LogP contribution in [0.3, 0.4) is 0 Å². The molecule has 2 amide bonds. The molecule has 0 aromatic heterocycles. The summed E-state index contributed by atoms with van der Waals surface area (Å²) in [5.41, 5.74) is 4.76. The second kappa shape index (κ2) is 13.1. The fraction of sp³-hybridized carbons (Fsp3) is 0.371. The van der Waals surface area contributed by atoms with Crippen LogP contribution in [-0.2, 0) is 11.3 Å². The Balaban J connectivity index is 1.24. The molecule has 236 valence electrons. The Morgan fingerprint density at radius 2 is 1.73 bits per heavy atom. The molecule has 2 heterocycles. The first-order chi connectivity index (χ1) is 21.7. The fourth-order valence-corrected chi connectivity index (χ4v) is 6.55. The summed E-state index contributed by atoms with van der Waals surface area (Å²) < 4.78 is 26.4. The van der Waals surface area contributed by atoms with E-state index in [4.69, 9.17) is 21.1 Å². The molecule has 8 nitrogen and oxygen atoms in total. The lowest BCUT2D eigenvalue weighted by molar-refractivity contribution is -0.129. The molecule has 2 aliphatic heterocycles. The third-order valence-corrected chi connectivity index (χ3v) is 9.20. The molecule has 2 bridgehead atoms. The van der Waals surface area contributed by atoms with Gasteiger partial charge in [0.2, 0.25) is 0 Å². The van der Waals surface area contributed by atoms with Crippen LogP contribution in [0.2, 0.25) is 5.02 Å². The minimum atomic E-state index is -1.05. The molecule has 45 heavy (non-hydrogen) atoms. The second-order valence-corrected chi connectivity index (χ2v) is 12.4. The van der Waals surface area contributed by atoms with Crippen molar-refractivity contribution in [3.8, 4) is 11.5 Å². The number of benzene rings is 3. The first kappa shape index (κ1) is 30.9. The number of hydrogen-bond donors (Lipinski definition) is 2. The molecule has 2 atom stereocenters. The third kappa shape index (κ3) is 6.65. The number of halogens is 2. The Morgan fingerprint density at radius 3 is 2.44 bits per heavy atom. The zero-order chi connectivity index (χ0) is 31.7. The van der Waals surface area contributed by atoms with Crippen LogP contribution in [0.15, 0.2) is 66.2 Å². The summed E-state index contributed by atoms with van der Waals surface area (Å²) in [5.74, 6) is 0.659. The molecule has 10 heteroatoms. The summed E-state index contributed by atoms with van der Waals surface area (Å²) in [6, 6.07) is 16.8. The maximum atomic E-state index is 14.7. The quantitative estimate of drug-likeness (QED) is 0.258. The van der Waals surface area contributed by atoms with Gasteiger partial charge in [0.1, 0.15) is 30.5 Å². The van der Waals surface area contributed by atoms with Crippen molar-refractivity contribution in [2.24, 2.45) is 0 Å². The van der Waals surface area contributed by atoms with E-state index in [0.717, 1.165) is 35.1 Å². The van der Waals surface area contributed by atoms with Crippen LogP contribution in [0.5, 0.6) is 11.5 Å². The monoisotopic (exact) mass is 633 g/mol. The summed E-state index contributed by atoms with van der Waals surface area (Å²) in [6.45, 7) is 5.59. The number of carboxylic acid groups (broad SMARTS) is 1. The number of rotatable bonds is 10. The van der Waals surface area contributed by atoms with Crippen molar-refractivity contribution < 1.29 is 28.6 Å². The smallest absolute Gasteiger partial charge is 0.408 e. The minimum Gasteiger partial charge on any atom is -0.490 e. The van der Waals surface area contributed by atoms with Gasteiger partial charge in [-0.25, -0.2) is 9.18 Å². The van der Waals surface area contributed by atoms with Crippen molar-refractivity contribution in [3.63, 3.8) is 0 Å². The number of fused-ring (bicyclic) bond motifs is 2. The van der Waals surface area contributed by atoms with Gasteiger partial charge in [0.25, 0.3) is 5.91 Å². The molecule has 0 spiro atoms. The lowest BCUT2D eigenvalue weighted by atomic mass is 9.82. The minimum absolute atomic E-state index is 0.00453. The molecule has 6 rings (SSSR count). The first-order valence-corrected chi connectivity index (χ1v) is 15.7. The van der Waals surface area contributed by atoms with Gasteiger partial charge in [-0.2, -0.15) is 0 Å². The summed E-state index contributed by atoms with van der Waals surface area (Å²) >= 11 is 6.32. The standard InChI is InChI=1S/C35H37ClFN3O5/c1-21-15-29(36)32(16-22(21)2)45-14-13-44-27-11-7-23(8-12-27)28-17-26-18-38-19-31(40(26)35(42)43)33(28)34(41)39(25-9-10-25)20-24-5-3-4-6-30(24)37/h3-8,11-12,15-16,25-26,31,38H,9-10,13-14,17-20H2,1-2H3,(H,42,43). The van der Waals surface area contributed by atoms with Crippen molar-refractivity contribution in [3.05, 3.63) is 99.3 Å². The van der Waals surface area contributed by atoms with Gasteiger partial charge in [-0.15, -0.1) is 0 Å². The number of hydrogen-bond acceptors (Lipinski definition) is 5. The van der Waals surface area contributed by atoms with Crippen molar-refractivity contribution >= 4 is 29.2 Å². The van der Waals surface area contributed by atoms with E-state index in [2.05, 4.69) is 5.32 Å². The largest absolute Gasteiger partial charge is 0.490 e. The molecular weight excluding hydrogens is 597 g/mol. The third-order valence-electron chi connectivity index (χ3n) is 8.90. The zero-order valence-electron chi connectivity index (χ0n) is 25.4. The Kier molecular flexibility index (Phi) is 9.01. The number of amides is 2. The predicted molar refractivity (Wildman–Crippen MR) is 170 cm³/mol. The maximum absolute atomic E-state index is 14.7. The molecule has 1 saturated heterocycles. The number of carbonyl (C=O) groups excluding carboxylic acids is 1. The Bertz CT molecular complexity index is 1620. The van der Waals surface area contributed by atoms with Crippen LogP contribution in [0.25, 0.3) is 5.57 Å². The van der Waals surface area contributed by atoms with Gasteiger partial charge in [-0.05, 0) is 85.7 Å². The normalized spacial score (nSPS) is 19.3. The number of aryl methyl sites for hydroxylation is 2. The van der Waals surface area contributed by atoms with Crippen LogP contribution in [-0.4, -0.2) is 71.3 Å². The molecular formula is C35H37ClFN3O5. The molecule has 0 radical (unpaired) electrons. The van der Waals surface area contributed by atoms with Crippen LogP contribution in [0, 0.1) is 19.7 Å². The zero-order valence-corrected chi connectivity index (χ0v) is 26.1. The summed E-state index contributed by atoms with van der Waals surface area (Å²) in [5, 5.41) is 14.0. The highest BCUT2D eigenvalue weighted by atomic mass is 35.5. The molecule has 1 aliphatic carbocycles. The number of nitrogens with one attached hydrogen (secondary N) is 1. The van der Waals surface area contributed by atoms with E-state index >= 15 is 0 Å². The second-order valence-electron chi connectivity index (χ2n) is 12.0. The Morgan fingerprint density at radius 1 is 1.02 bits per heavy atom. The summed E-state index contributed by atoms with van der Waals surface area (Å²) in [4.78, 5) is 30.0. The van der Waals surface area contributed by atoms with Gasteiger partial charge >= 0.3 is 6.09 Å². The topological polar surface area (TPSA) is 91.3 Å². The van der Waals surface area contributed by atoms with E-state index in [1.807, 2.05) is 50.2 Å². The maximum Gasteiger partial charge on any atom is 0.408 e. The molecule has 2 N–H and O–H groups in total. The van der Waals surface area contributed by atoms with E-state index in [-0.39, 0.29) is 30.4 Å². The van der Waals surface area contributed by atoms with E-state index in [9.17, 15) is 19.1 Å². The van der Waals surface area contributed by atoms with E-state index in [0.29, 0.717) is 60.4 Å². The Labute approximate surface area is 267 Å². The number of nitrogens with zero attached hydrogens (tertiary/aromatic N) is 2. The molecule has 2 unspecified atom stereocenters. The highest BCUT2D eigenvalue weighted by molar-refractivity contribution is 6.32. The van der Waals surface area contributed by atoms with Crippen LogP contribution >= 0.6 is 11.6 Å². The van der Waals surface area contributed by atoms with Gasteiger partial charge in [0, 0.05) is 36.8 Å². The molecule has 2 fully saturated rings. The van der Waals surface area contributed by atoms with Gasteiger partial charge in [-0.3, -0.25) is 9.69 Å². The number of carbonyl (C=O) groups is 2. The SMILES string of the molecule is Cc1cc(Cl)c(OCCOc2ccc(C3=C(C(=O)N(Cc4ccccc4F)C4CC4)C4CNCC(C3)N4C(=O)O)cc2)cc1C. The lowest BCUT2D eigenvalue weighted by Crippen LogP contribution is -2.63. The highest BCUT2D eigenvalue weighted by Gasteiger charge is 2.46. The summed E-state index contributed by atoms with van der Waals surface area (Å²) in [6.07, 6.45) is 1.01. The van der Waals surface area contributed by atoms with E-state index < -0.39 is 12.1 Å². The van der Waals surface area contributed by atoms with Gasteiger partial charge in [0.15, 0.2) is 0 Å². The predicted octanol–water partition coefficient (Wildman–Crippen LogP) is 6.22.